The van der Waals surface area contributed by atoms with Crippen LogP contribution in [0.5, 0.6) is 0 Å². The van der Waals surface area contributed by atoms with E-state index in [1.54, 1.807) is 0 Å². The summed E-state index contributed by atoms with van der Waals surface area (Å²) in [6.45, 7) is 0. The molecule has 68 heavy (non-hydrogen) atoms. The number of fused-ring (bicyclic) bond motifs is 18. The van der Waals surface area contributed by atoms with Crippen molar-refractivity contribution in [3.63, 3.8) is 0 Å². The second kappa shape index (κ2) is 14.4. The Morgan fingerprint density at radius 2 is 0.897 bits per heavy atom. The third-order valence-corrected chi connectivity index (χ3v) is 16.9. The average Bonchev–Trinajstić information content (AvgIpc) is 4.20. The monoisotopic (exact) mass is 902 g/mol. The van der Waals surface area contributed by atoms with Gasteiger partial charge in [-0.15, -0.1) is 22.7 Å². The van der Waals surface area contributed by atoms with E-state index < -0.39 is 5.41 Å². The van der Waals surface area contributed by atoms with Crippen LogP contribution in [-0.2, 0) is 5.41 Å². The predicted molar refractivity (Wildman–Crippen MR) is 288 cm³/mol. The Balaban J connectivity index is 0.962. The molecule has 3 aromatic heterocycles. The molecule has 0 aliphatic heterocycles. The van der Waals surface area contributed by atoms with Crippen LogP contribution in [0.4, 0.5) is 34.1 Å². The summed E-state index contributed by atoms with van der Waals surface area (Å²) >= 11 is 3.80. The third kappa shape index (κ3) is 5.23. The molecule has 3 nitrogen and oxygen atoms in total. The standard InChI is InChI=1S/C63H38N2OS2/c1-3-16-39(17-4-1)64(42-32-35-57-50(37-42)45-21-8-12-27-56(45)66-57)41-30-34-54-51(38-41)62-60(48-23-10-14-29-59(48)68-62)63(54)52-25-11-7-20-44(52)49-36-43(31-33-53(49)63)65(40-18-5-2-6-19-40)55-26-15-24-47-46-22-9-13-28-58(46)67-61(47)55/h1-38H. The molecule has 1 unspecified atom stereocenters. The molecule has 2 aliphatic rings. The summed E-state index contributed by atoms with van der Waals surface area (Å²) in [6, 6.07) is 84.9. The molecule has 15 rings (SSSR count). The number of nitrogens with zero attached hydrogens (tertiary/aromatic N) is 2. The molecule has 1 atom stereocenters. The summed E-state index contributed by atoms with van der Waals surface area (Å²) in [6.07, 6.45) is 0. The van der Waals surface area contributed by atoms with Gasteiger partial charge in [0, 0.05) is 64.3 Å². The first kappa shape index (κ1) is 37.9. The molecule has 0 bridgehead atoms. The molecule has 0 fully saturated rings. The van der Waals surface area contributed by atoms with Gasteiger partial charge in [0.2, 0.25) is 0 Å². The molecule has 1 spiro atoms. The molecule has 10 aromatic carbocycles. The first-order valence-electron chi connectivity index (χ1n) is 23.2. The van der Waals surface area contributed by atoms with Gasteiger partial charge in [0.05, 0.1) is 15.8 Å². The maximum atomic E-state index is 6.31. The lowest BCUT2D eigenvalue weighted by molar-refractivity contribution is 0.669. The van der Waals surface area contributed by atoms with Crippen LogP contribution < -0.4 is 9.80 Å². The molecule has 13 aromatic rings. The van der Waals surface area contributed by atoms with Gasteiger partial charge in [-0.25, -0.2) is 0 Å². The molecule has 318 valence electrons. The van der Waals surface area contributed by atoms with Crippen molar-refractivity contribution in [2.24, 2.45) is 0 Å². The fourth-order valence-electron chi connectivity index (χ4n) is 11.7. The Labute approximate surface area is 400 Å². The number of anilines is 6. The van der Waals surface area contributed by atoms with Gasteiger partial charge in [-0.1, -0.05) is 140 Å². The van der Waals surface area contributed by atoms with Crippen molar-refractivity contribution in [3.05, 3.63) is 253 Å². The smallest absolute Gasteiger partial charge is 0.135 e. The van der Waals surface area contributed by atoms with Crippen molar-refractivity contribution < 1.29 is 4.42 Å². The van der Waals surface area contributed by atoms with Crippen LogP contribution >= 0.6 is 22.7 Å². The zero-order valence-corrected chi connectivity index (χ0v) is 38.2. The normalized spacial score (nSPS) is 14.5. The van der Waals surface area contributed by atoms with E-state index in [0.29, 0.717) is 0 Å². The number of thiophene rings is 2. The number of rotatable bonds is 6. The van der Waals surface area contributed by atoms with Crippen LogP contribution in [0.25, 0.3) is 73.8 Å². The molecule has 2 aliphatic carbocycles. The van der Waals surface area contributed by atoms with E-state index in [1.807, 2.05) is 28.7 Å². The summed E-state index contributed by atoms with van der Waals surface area (Å²) in [5, 5.41) is 6.13. The molecule has 5 heteroatoms. The maximum absolute atomic E-state index is 6.31. The SMILES string of the molecule is c1ccc(N(c2ccc3c(c2)-c2sc4ccccc4c2C32c3ccccc3-c3cc(N(c4ccccc4)c4cccc5c4sc4ccccc45)ccc32)c2ccc3oc4ccccc4c3c2)cc1. The maximum Gasteiger partial charge on any atom is 0.135 e. The van der Waals surface area contributed by atoms with E-state index in [4.69, 9.17) is 4.42 Å². The highest BCUT2D eigenvalue weighted by atomic mass is 32.1. The van der Waals surface area contributed by atoms with Gasteiger partial charge in [0.15, 0.2) is 0 Å². The molecular formula is C63H38N2OS2. The lowest BCUT2D eigenvalue weighted by Crippen LogP contribution is -2.26. The minimum atomic E-state index is -0.525. The Morgan fingerprint density at radius 1 is 0.338 bits per heavy atom. The summed E-state index contributed by atoms with van der Waals surface area (Å²) < 4.78 is 10.2. The molecular weight excluding hydrogens is 865 g/mol. The first-order valence-corrected chi connectivity index (χ1v) is 24.8. The van der Waals surface area contributed by atoms with Gasteiger partial charge in [0.25, 0.3) is 0 Å². The zero-order chi connectivity index (χ0) is 44.5. The van der Waals surface area contributed by atoms with Gasteiger partial charge in [-0.05, 0) is 135 Å². The predicted octanol–water partition coefficient (Wildman–Crippen LogP) is 18.5. The van der Waals surface area contributed by atoms with Crippen molar-refractivity contribution in [3.8, 4) is 21.6 Å². The minimum absolute atomic E-state index is 0.525. The van der Waals surface area contributed by atoms with E-state index in [0.717, 1.165) is 50.4 Å². The van der Waals surface area contributed by atoms with E-state index in [2.05, 4.69) is 234 Å². The number of furan rings is 1. The molecule has 0 amide bonds. The summed E-state index contributed by atoms with van der Waals surface area (Å²) in [4.78, 5) is 6.20. The zero-order valence-electron chi connectivity index (χ0n) is 36.6. The topological polar surface area (TPSA) is 19.6 Å². The van der Waals surface area contributed by atoms with Gasteiger partial charge in [-0.2, -0.15) is 0 Å². The quantitative estimate of drug-likeness (QED) is 0.166. The second-order valence-electron chi connectivity index (χ2n) is 17.9. The summed E-state index contributed by atoms with van der Waals surface area (Å²) in [5.74, 6) is 0. The van der Waals surface area contributed by atoms with Gasteiger partial charge in [0.1, 0.15) is 11.2 Å². The Kier molecular flexibility index (Phi) is 8.03. The lowest BCUT2D eigenvalue weighted by atomic mass is 9.70. The molecule has 0 saturated heterocycles. The van der Waals surface area contributed by atoms with Gasteiger partial charge < -0.3 is 14.2 Å². The Bertz CT molecular complexity index is 4180. The fraction of sp³-hybridized carbons (Fsp3) is 0.0159. The molecule has 0 N–H and O–H groups in total. The van der Waals surface area contributed by atoms with E-state index in [9.17, 15) is 0 Å². The fourth-order valence-corrected chi connectivity index (χ4v) is 14.2. The van der Waals surface area contributed by atoms with Crippen molar-refractivity contribution in [1.29, 1.82) is 0 Å². The van der Waals surface area contributed by atoms with Crippen molar-refractivity contribution in [2.45, 2.75) is 5.41 Å². The third-order valence-electron chi connectivity index (χ3n) is 14.4. The average molecular weight is 903 g/mol. The second-order valence-corrected chi connectivity index (χ2v) is 20.0. The minimum Gasteiger partial charge on any atom is -0.456 e. The van der Waals surface area contributed by atoms with Crippen LogP contribution in [0.3, 0.4) is 0 Å². The van der Waals surface area contributed by atoms with Gasteiger partial charge >= 0.3 is 0 Å². The van der Waals surface area contributed by atoms with Crippen molar-refractivity contribution in [2.75, 3.05) is 9.80 Å². The number of benzene rings is 10. The largest absolute Gasteiger partial charge is 0.456 e. The number of para-hydroxylation sites is 3. The first-order chi connectivity index (χ1) is 33.7. The Hall–Kier alpha value is -8.22. The molecule has 0 saturated carbocycles. The van der Waals surface area contributed by atoms with Crippen LogP contribution in [-0.4, -0.2) is 0 Å². The van der Waals surface area contributed by atoms with E-state index in [1.165, 1.54) is 79.8 Å². The van der Waals surface area contributed by atoms with Crippen LogP contribution in [0.15, 0.2) is 235 Å². The van der Waals surface area contributed by atoms with Gasteiger partial charge in [-0.3, -0.25) is 0 Å². The van der Waals surface area contributed by atoms with Crippen LogP contribution in [0, 0.1) is 0 Å². The highest BCUT2D eigenvalue weighted by molar-refractivity contribution is 7.26. The van der Waals surface area contributed by atoms with E-state index in [-0.39, 0.29) is 0 Å². The summed E-state index contributed by atoms with van der Waals surface area (Å²) in [5.41, 5.74) is 17.2. The van der Waals surface area contributed by atoms with Crippen LogP contribution in [0.1, 0.15) is 22.3 Å². The van der Waals surface area contributed by atoms with Crippen LogP contribution in [0.2, 0.25) is 0 Å². The lowest BCUT2D eigenvalue weighted by Gasteiger charge is -2.32. The number of hydrogen-bond donors (Lipinski definition) is 0. The molecule has 0 radical (unpaired) electrons. The van der Waals surface area contributed by atoms with Crippen molar-refractivity contribution >= 4 is 109 Å². The number of hydrogen-bond acceptors (Lipinski definition) is 5. The Morgan fingerprint density at radius 3 is 1.71 bits per heavy atom. The highest BCUT2D eigenvalue weighted by Gasteiger charge is 2.53. The summed E-state index contributed by atoms with van der Waals surface area (Å²) in [7, 11) is 0. The van der Waals surface area contributed by atoms with E-state index >= 15 is 0 Å². The van der Waals surface area contributed by atoms with Crippen molar-refractivity contribution in [1.82, 2.24) is 0 Å². The molecule has 3 heterocycles. The highest BCUT2D eigenvalue weighted by Crippen LogP contribution is 2.67.